The summed E-state index contributed by atoms with van der Waals surface area (Å²) in [5.74, 6) is -1.22. The van der Waals surface area contributed by atoms with Crippen LogP contribution in [0.15, 0.2) is 54.1 Å². The maximum atomic E-state index is 13.1. The summed E-state index contributed by atoms with van der Waals surface area (Å²) in [6.07, 6.45) is 1.95. The number of hydrogen-bond acceptors (Lipinski definition) is 8. The SMILES string of the molecule is CCCCOc1ccc(/C(O)=C2\C(=O)C(=O)N(c3nnc(C)s3)C2c2ccc(O)cc2)cc1. The van der Waals surface area contributed by atoms with Crippen LogP contribution < -0.4 is 9.64 Å². The molecule has 170 valence electrons. The average molecular weight is 466 g/mol. The molecule has 1 fully saturated rings. The van der Waals surface area contributed by atoms with E-state index >= 15 is 0 Å². The zero-order valence-corrected chi connectivity index (χ0v) is 19.0. The fraction of sp³-hybridized carbons (Fsp3) is 0.250. The molecule has 1 atom stereocenters. The number of aryl methyl sites for hydroxylation is 1. The van der Waals surface area contributed by atoms with E-state index in [1.54, 1.807) is 43.3 Å². The largest absolute Gasteiger partial charge is 0.508 e. The molecule has 2 heterocycles. The second-order valence-corrected chi connectivity index (χ2v) is 8.75. The Labute approximate surface area is 194 Å². The van der Waals surface area contributed by atoms with Gasteiger partial charge in [-0.2, -0.15) is 0 Å². The van der Waals surface area contributed by atoms with Crippen molar-refractivity contribution in [3.63, 3.8) is 0 Å². The minimum atomic E-state index is -0.918. The number of ether oxygens (including phenoxy) is 1. The first-order chi connectivity index (χ1) is 15.9. The fourth-order valence-corrected chi connectivity index (χ4v) is 4.30. The second kappa shape index (κ2) is 9.41. The number of rotatable bonds is 7. The van der Waals surface area contributed by atoms with Gasteiger partial charge in [-0.3, -0.25) is 14.5 Å². The number of phenolic OH excluding ortho intramolecular Hbond substituents is 1. The Kier molecular flexibility index (Phi) is 6.41. The normalized spacial score (nSPS) is 17.5. The third kappa shape index (κ3) is 4.45. The van der Waals surface area contributed by atoms with E-state index in [-0.39, 0.29) is 22.2 Å². The van der Waals surface area contributed by atoms with E-state index in [4.69, 9.17) is 4.74 Å². The molecule has 2 aromatic carbocycles. The van der Waals surface area contributed by atoms with Gasteiger partial charge in [0.2, 0.25) is 5.13 Å². The highest BCUT2D eigenvalue weighted by Gasteiger charge is 2.48. The number of carbonyl (C=O) groups is 2. The summed E-state index contributed by atoms with van der Waals surface area (Å²) in [6.45, 7) is 4.42. The van der Waals surface area contributed by atoms with Crippen molar-refractivity contribution in [2.45, 2.75) is 32.7 Å². The van der Waals surface area contributed by atoms with E-state index in [1.807, 2.05) is 0 Å². The third-order valence-electron chi connectivity index (χ3n) is 5.27. The molecule has 3 aromatic rings. The highest BCUT2D eigenvalue weighted by atomic mass is 32.1. The Morgan fingerprint density at radius 3 is 2.39 bits per heavy atom. The summed E-state index contributed by atoms with van der Waals surface area (Å²) in [6, 6.07) is 11.9. The Bertz CT molecular complexity index is 1200. The number of carbonyl (C=O) groups excluding carboxylic acids is 2. The number of anilines is 1. The first kappa shape index (κ1) is 22.5. The van der Waals surface area contributed by atoms with Crippen molar-refractivity contribution in [3.05, 3.63) is 70.2 Å². The van der Waals surface area contributed by atoms with Crippen LogP contribution in [-0.4, -0.2) is 38.7 Å². The topological polar surface area (TPSA) is 113 Å². The lowest BCUT2D eigenvalue weighted by Crippen LogP contribution is -2.29. The lowest BCUT2D eigenvalue weighted by atomic mass is 9.95. The molecule has 4 rings (SSSR count). The second-order valence-electron chi connectivity index (χ2n) is 7.59. The minimum absolute atomic E-state index is 0.0427. The van der Waals surface area contributed by atoms with Gasteiger partial charge in [0.1, 0.15) is 22.3 Å². The number of phenols is 1. The van der Waals surface area contributed by atoms with Gasteiger partial charge in [-0.05, 0) is 55.3 Å². The van der Waals surface area contributed by atoms with Crippen molar-refractivity contribution in [1.29, 1.82) is 0 Å². The van der Waals surface area contributed by atoms with Crippen LogP contribution in [0.2, 0.25) is 0 Å². The highest BCUT2D eigenvalue weighted by molar-refractivity contribution is 7.15. The van der Waals surface area contributed by atoms with Gasteiger partial charge in [0, 0.05) is 5.56 Å². The molecule has 0 saturated carbocycles. The van der Waals surface area contributed by atoms with Gasteiger partial charge in [-0.25, -0.2) is 0 Å². The molecule has 0 radical (unpaired) electrons. The lowest BCUT2D eigenvalue weighted by molar-refractivity contribution is -0.132. The van der Waals surface area contributed by atoms with Crippen LogP contribution in [0, 0.1) is 6.92 Å². The molecule has 1 aliphatic rings. The van der Waals surface area contributed by atoms with Crippen molar-refractivity contribution >= 4 is 33.9 Å². The van der Waals surface area contributed by atoms with E-state index in [2.05, 4.69) is 17.1 Å². The van der Waals surface area contributed by atoms with Gasteiger partial charge in [0.15, 0.2) is 0 Å². The first-order valence-corrected chi connectivity index (χ1v) is 11.4. The van der Waals surface area contributed by atoms with Crippen LogP contribution in [0.4, 0.5) is 5.13 Å². The molecule has 9 heteroatoms. The van der Waals surface area contributed by atoms with E-state index in [9.17, 15) is 19.8 Å². The zero-order chi connectivity index (χ0) is 23.5. The maximum Gasteiger partial charge on any atom is 0.301 e. The molecule has 1 aromatic heterocycles. The number of aromatic hydroxyl groups is 1. The molecule has 2 N–H and O–H groups in total. The van der Waals surface area contributed by atoms with Crippen LogP contribution in [-0.2, 0) is 9.59 Å². The monoisotopic (exact) mass is 465 g/mol. The van der Waals surface area contributed by atoms with E-state index < -0.39 is 17.7 Å². The number of benzene rings is 2. The number of Topliss-reactive ketones (excluding diaryl/α,β-unsaturated/α-hetero) is 1. The Hall–Kier alpha value is -3.72. The number of nitrogens with zero attached hydrogens (tertiary/aromatic N) is 3. The number of amides is 1. The van der Waals surface area contributed by atoms with E-state index in [0.717, 1.165) is 12.8 Å². The van der Waals surface area contributed by atoms with Crippen LogP contribution in [0.5, 0.6) is 11.5 Å². The Morgan fingerprint density at radius 2 is 1.79 bits per heavy atom. The van der Waals surface area contributed by atoms with Crippen molar-refractivity contribution in [3.8, 4) is 11.5 Å². The van der Waals surface area contributed by atoms with Gasteiger partial charge in [-0.15, -0.1) is 10.2 Å². The van der Waals surface area contributed by atoms with Gasteiger partial charge >= 0.3 is 5.91 Å². The predicted octanol–water partition coefficient (Wildman–Crippen LogP) is 4.36. The molecule has 0 bridgehead atoms. The third-order valence-corrected chi connectivity index (χ3v) is 6.11. The maximum absolute atomic E-state index is 13.1. The number of aliphatic hydroxyl groups is 1. The summed E-state index contributed by atoms with van der Waals surface area (Å²) in [5, 5.41) is 29.7. The Morgan fingerprint density at radius 1 is 1.09 bits per heavy atom. The van der Waals surface area contributed by atoms with Crippen molar-refractivity contribution in [1.82, 2.24) is 10.2 Å². The van der Waals surface area contributed by atoms with Gasteiger partial charge < -0.3 is 14.9 Å². The fourth-order valence-electron chi connectivity index (χ4n) is 3.58. The lowest BCUT2D eigenvalue weighted by Gasteiger charge is -2.22. The van der Waals surface area contributed by atoms with Crippen molar-refractivity contribution in [2.24, 2.45) is 0 Å². The molecule has 8 nitrogen and oxygen atoms in total. The summed E-state index contributed by atoms with van der Waals surface area (Å²) in [4.78, 5) is 27.3. The van der Waals surface area contributed by atoms with Gasteiger partial charge in [0.05, 0.1) is 18.2 Å². The molecule has 1 aliphatic heterocycles. The molecule has 33 heavy (non-hydrogen) atoms. The van der Waals surface area contributed by atoms with Crippen LogP contribution >= 0.6 is 11.3 Å². The quantitative estimate of drug-likeness (QED) is 0.231. The standard InChI is InChI=1S/C24H23N3O5S/c1-3-4-13-32-18-11-7-16(8-12-18)21(29)19-20(15-5-9-17(28)10-6-15)27(23(31)22(19)30)24-26-25-14(2)33-24/h5-12,20,28-29H,3-4,13H2,1-2H3/b21-19+. The summed E-state index contributed by atoms with van der Waals surface area (Å²) in [7, 11) is 0. The summed E-state index contributed by atoms with van der Waals surface area (Å²) >= 11 is 1.17. The van der Waals surface area contributed by atoms with E-state index in [0.29, 0.717) is 28.5 Å². The van der Waals surface area contributed by atoms with Gasteiger partial charge in [0.25, 0.3) is 5.78 Å². The number of unbranched alkanes of at least 4 members (excludes halogenated alkanes) is 1. The number of aromatic nitrogens is 2. The van der Waals surface area contributed by atoms with Crippen molar-refractivity contribution in [2.75, 3.05) is 11.5 Å². The molecule has 0 spiro atoms. The molecule has 1 unspecified atom stereocenters. The van der Waals surface area contributed by atoms with E-state index in [1.165, 1.54) is 28.4 Å². The van der Waals surface area contributed by atoms with Gasteiger partial charge in [-0.1, -0.05) is 36.8 Å². The summed E-state index contributed by atoms with van der Waals surface area (Å²) in [5.41, 5.74) is 0.868. The Balaban J connectivity index is 1.78. The zero-order valence-electron chi connectivity index (χ0n) is 18.2. The number of aliphatic hydroxyl groups excluding tert-OH is 1. The highest BCUT2D eigenvalue weighted by Crippen LogP contribution is 2.43. The van der Waals surface area contributed by atoms with Crippen molar-refractivity contribution < 1.29 is 24.5 Å². The molecule has 1 saturated heterocycles. The van der Waals surface area contributed by atoms with Crippen LogP contribution in [0.1, 0.15) is 41.9 Å². The molecule has 1 amide bonds. The molecular weight excluding hydrogens is 442 g/mol. The predicted molar refractivity (Wildman–Crippen MR) is 124 cm³/mol. The van der Waals surface area contributed by atoms with Crippen LogP contribution in [0.3, 0.4) is 0 Å². The molecular formula is C24H23N3O5S. The average Bonchev–Trinajstić information content (AvgIpc) is 3.35. The number of hydrogen-bond donors (Lipinski definition) is 2. The number of ketones is 1. The smallest absolute Gasteiger partial charge is 0.301 e. The summed E-state index contributed by atoms with van der Waals surface area (Å²) < 4.78 is 5.66. The minimum Gasteiger partial charge on any atom is -0.508 e. The first-order valence-electron chi connectivity index (χ1n) is 10.5. The van der Waals surface area contributed by atoms with Crippen LogP contribution in [0.25, 0.3) is 5.76 Å². The molecule has 0 aliphatic carbocycles.